The molecular weight excluding hydrogens is 198 g/mol. The Kier molecular flexibility index (Phi) is 4.30. The Morgan fingerprint density at radius 1 is 1.44 bits per heavy atom. The molecule has 0 bridgehead atoms. The van der Waals surface area contributed by atoms with Crippen molar-refractivity contribution >= 4 is 5.69 Å². The van der Waals surface area contributed by atoms with Gasteiger partial charge in [-0.3, -0.25) is 4.98 Å². The third kappa shape index (κ3) is 3.23. The average Bonchev–Trinajstić information content (AvgIpc) is 2.16. The van der Waals surface area contributed by atoms with Crippen LogP contribution >= 0.6 is 0 Å². The van der Waals surface area contributed by atoms with Crippen LogP contribution in [0.2, 0.25) is 0 Å². The Hall–Kier alpha value is -1.56. The van der Waals surface area contributed by atoms with Crippen molar-refractivity contribution in [2.24, 2.45) is 5.92 Å². The summed E-state index contributed by atoms with van der Waals surface area (Å²) in [6, 6.07) is 4.14. The molecule has 1 aromatic heterocycles. The van der Waals surface area contributed by atoms with E-state index in [4.69, 9.17) is 5.26 Å². The Morgan fingerprint density at radius 2 is 2.12 bits per heavy atom. The van der Waals surface area contributed by atoms with Crippen molar-refractivity contribution in [1.82, 2.24) is 4.98 Å². The molecule has 0 saturated carbocycles. The monoisotopic (exact) mass is 217 g/mol. The van der Waals surface area contributed by atoms with Gasteiger partial charge in [-0.05, 0) is 32.3 Å². The van der Waals surface area contributed by atoms with Gasteiger partial charge >= 0.3 is 0 Å². The van der Waals surface area contributed by atoms with Gasteiger partial charge in [-0.2, -0.15) is 5.26 Å². The molecule has 1 aromatic rings. The van der Waals surface area contributed by atoms with Gasteiger partial charge in [0.25, 0.3) is 0 Å². The molecule has 86 valence electrons. The molecule has 0 aromatic carbocycles. The topological polar surface area (TPSA) is 48.7 Å². The molecule has 0 unspecified atom stereocenters. The van der Waals surface area contributed by atoms with E-state index in [0.29, 0.717) is 11.5 Å². The van der Waals surface area contributed by atoms with Crippen LogP contribution in [0.25, 0.3) is 0 Å². The maximum Gasteiger partial charge on any atom is 0.103 e. The normalized spacial score (nSPS) is 10.2. The van der Waals surface area contributed by atoms with E-state index in [1.54, 1.807) is 0 Å². The molecule has 0 aliphatic rings. The lowest BCUT2D eigenvalue weighted by Crippen LogP contribution is -2.08. The summed E-state index contributed by atoms with van der Waals surface area (Å²) in [6.45, 7) is 9.10. The van der Waals surface area contributed by atoms with Crippen molar-refractivity contribution < 1.29 is 0 Å². The standard InChI is InChI=1S/C13H19N3/c1-9(2)5-6-15-13-7-10(3)16-11(4)12(13)8-14/h7,9H,5-6H2,1-4H3,(H,15,16). The molecule has 1 rings (SSSR count). The number of nitrogens with zero attached hydrogens (tertiary/aromatic N) is 2. The summed E-state index contributed by atoms with van der Waals surface area (Å²) in [5.41, 5.74) is 3.32. The van der Waals surface area contributed by atoms with E-state index in [1.165, 1.54) is 0 Å². The molecule has 0 radical (unpaired) electrons. The van der Waals surface area contributed by atoms with Gasteiger partial charge in [-0.15, -0.1) is 0 Å². The summed E-state index contributed by atoms with van der Waals surface area (Å²) in [6.07, 6.45) is 1.10. The maximum atomic E-state index is 9.07. The van der Waals surface area contributed by atoms with E-state index in [9.17, 15) is 0 Å². The molecule has 0 atom stereocenters. The first-order chi connectivity index (χ1) is 7.54. The van der Waals surface area contributed by atoms with Gasteiger partial charge in [0.2, 0.25) is 0 Å². The summed E-state index contributed by atoms with van der Waals surface area (Å²) in [4.78, 5) is 4.29. The number of nitrogens with one attached hydrogen (secondary N) is 1. The molecule has 0 aliphatic heterocycles. The van der Waals surface area contributed by atoms with E-state index < -0.39 is 0 Å². The molecule has 16 heavy (non-hydrogen) atoms. The fourth-order valence-electron chi connectivity index (χ4n) is 1.60. The summed E-state index contributed by atoms with van der Waals surface area (Å²) in [7, 11) is 0. The second kappa shape index (κ2) is 5.50. The van der Waals surface area contributed by atoms with Gasteiger partial charge in [0.15, 0.2) is 0 Å². The largest absolute Gasteiger partial charge is 0.384 e. The second-order valence-electron chi connectivity index (χ2n) is 4.49. The fourth-order valence-corrected chi connectivity index (χ4v) is 1.60. The third-order valence-electron chi connectivity index (χ3n) is 2.48. The first-order valence-electron chi connectivity index (χ1n) is 5.66. The van der Waals surface area contributed by atoms with Gasteiger partial charge in [0.1, 0.15) is 6.07 Å². The summed E-state index contributed by atoms with van der Waals surface area (Å²) < 4.78 is 0. The van der Waals surface area contributed by atoms with E-state index in [-0.39, 0.29) is 0 Å². The number of anilines is 1. The SMILES string of the molecule is Cc1cc(NCCC(C)C)c(C#N)c(C)n1. The molecule has 0 amide bonds. The number of nitriles is 1. The third-order valence-corrected chi connectivity index (χ3v) is 2.48. The van der Waals surface area contributed by atoms with Gasteiger partial charge in [-0.1, -0.05) is 13.8 Å². The zero-order chi connectivity index (χ0) is 12.1. The number of aryl methyl sites for hydroxylation is 2. The number of hydrogen-bond acceptors (Lipinski definition) is 3. The Labute approximate surface area is 97.5 Å². The quantitative estimate of drug-likeness (QED) is 0.843. The molecule has 3 nitrogen and oxygen atoms in total. The van der Waals surface area contributed by atoms with Crippen molar-refractivity contribution in [3.8, 4) is 6.07 Å². The lowest BCUT2D eigenvalue weighted by Gasteiger charge is -2.11. The Balaban J connectivity index is 2.82. The maximum absolute atomic E-state index is 9.07. The Bertz CT molecular complexity index is 402. The summed E-state index contributed by atoms with van der Waals surface area (Å²) in [5.74, 6) is 0.669. The van der Waals surface area contributed by atoms with Crippen molar-refractivity contribution in [3.63, 3.8) is 0 Å². The van der Waals surface area contributed by atoms with Crippen LogP contribution in [0, 0.1) is 31.1 Å². The van der Waals surface area contributed by atoms with Gasteiger partial charge in [0.05, 0.1) is 16.9 Å². The number of pyridine rings is 1. The first-order valence-corrected chi connectivity index (χ1v) is 5.66. The predicted molar refractivity (Wildman–Crippen MR) is 66.4 cm³/mol. The molecular formula is C13H19N3. The average molecular weight is 217 g/mol. The highest BCUT2D eigenvalue weighted by Crippen LogP contribution is 2.18. The van der Waals surface area contributed by atoms with Crippen LogP contribution in [-0.2, 0) is 0 Å². The van der Waals surface area contributed by atoms with Crippen LogP contribution in [-0.4, -0.2) is 11.5 Å². The second-order valence-corrected chi connectivity index (χ2v) is 4.49. The van der Waals surface area contributed by atoms with Crippen molar-refractivity contribution in [3.05, 3.63) is 23.0 Å². The highest BCUT2D eigenvalue weighted by molar-refractivity contribution is 5.59. The van der Waals surface area contributed by atoms with Crippen LogP contribution < -0.4 is 5.32 Å². The van der Waals surface area contributed by atoms with E-state index in [1.807, 2.05) is 19.9 Å². The highest BCUT2D eigenvalue weighted by Gasteiger charge is 2.07. The zero-order valence-corrected chi connectivity index (χ0v) is 10.5. The van der Waals surface area contributed by atoms with Crippen LogP contribution in [0.15, 0.2) is 6.07 Å². The number of hydrogen-bond donors (Lipinski definition) is 1. The van der Waals surface area contributed by atoms with Crippen LogP contribution in [0.1, 0.15) is 37.2 Å². The predicted octanol–water partition coefficient (Wildman–Crippen LogP) is 3.03. The minimum absolute atomic E-state index is 0.661. The van der Waals surface area contributed by atoms with Crippen molar-refractivity contribution in [2.75, 3.05) is 11.9 Å². The fraction of sp³-hybridized carbons (Fsp3) is 0.538. The molecule has 0 saturated heterocycles. The minimum Gasteiger partial charge on any atom is -0.384 e. The van der Waals surface area contributed by atoms with Crippen LogP contribution in [0.3, 0.4) is 0 Å². The van der Waals surface area contributed by atoms with Gasteiger partial charge in [-0.25, -0.2) is 0 Å². The first kappa shape index (κ1) is 12.5. The van der Waals surface area contributed by atoms with Gasteiger partial charge < -0.3 is 5.32 Å². The molecule has 3 heteroatoms. The van der Waals surface area contributed by atoms with E-state index in [0.717, 1.165) is 30.0 Å². The summed E-state index contributed by atoms with van der Waals surface area (Å²) in [5, 5.41) is 12.4. The Morgan fingerprint density at radius 3 is 2.69 bits per heavy atom. The molecule has 0 fully saturated rings. The molecule has 0 spiro atoms. The lowest BCUT2D eigenvalue weighted by molar-refractivity contribution is 0.607. The van der Waals surface area contributed by atoms with E-state index in [2.05, 4.69) is 30.2 Å². The lowest BCUT2D eigenvalue weighted by atomic mass is 10.1. The minimum atomic E-state index is 0.661. The highest BCUT2D eigenvalue weighted by atomic mass is 14.9. The smallest absolute Gasteiger partial charge is 0.103 e. The van der Waals surface area contributed by atoms with Gasteiger partial charge in [0, 0.05) is 12.2 Å². The zero-order valence-electron chi connectivity index (χ0n) is 10.5. The van der Waals surface area contributed by atoms with Crippen LogP contribution in [0.5, 0.6) is 0 Å². The number of rotatable bonds is 4. The van der Waals surface area contributed by atoms with Crippen molar-refractivity contribution in [1.29, 1.82) is 5.26 Å². The number of aromatic nitrogens is 1. The van der Waals surface area contributed by atoms with Crippen molar-refractivity contribution in [2.45, 2.75) is 34.1 Å². The van der Waals surface area contributed by atoms with Crippen LogP contribution in [0.4, 0.5) is 5.69 Å². The molecule has 1 heterocycles. The van der Waals surface area contributed by atoms with E-state index >= 15 is 0 Å². The molecule has 1 N–H and O–H groups in total. The molecule has 0 aliphatic carbocycles. The summed E-state index contributed by atoms with van der Waals surface area (Å²) >= 11 is 0.